The molecular formula is C50H60N6O7Si. The Hall–Kier alpha value is -6.14. The van der Waals surface area contributed by atoms with Crippen LogP contribution in [-0.2, 0) is 43.0 Å². The number of carboxylic acid groups (broad SMARTS) is 1. The second-order valence-electron chi connectivity index (χ2n) is 18.4. The van der Waals surface area contributed by atoms with E-state index in [1.165, 1.54) is 0 Å². The van der Waals surface area contributed by atoms with Crippen LogP contribution in [0.15, 0.2) is 72.8 Å². The number of hydrogen-bond acceptors (Lipinski definition) is 8. The lowest BCUT2D eigenvalue weighted by molar-refractivity contribution is -0.131. The van der Waals surface area contributed by atoms with E-state index < -0.39 is 14.3 Å². The van der Waals surface area contributed by atoms with Gasteiger partial charge in [-0.3, -0.25) is 19.4 Å². The van der Waals surface area contributed by atoms with Crippen molar-refractivity contribution in [2.75, 3.05) is 50.9 Å². The van der Waals surface area contributed by atoms with Crippen LogP contribution < -0.4 is 14.1 Å². The summed E-state index contributed by atoms with van der Waals surface area (Å²) < 4.78 is 21.5. The van der Waals surface area contributed by atoms with Crippen LogP contribution in [0.5, 0.6) is 11.5 Å². The summed E-state index contributed by atoms with van der Waals surface area (Å²) in [6.45, 7) is 20.2. The molecule has 0 unspecified atom stereocenters. The van der Waals surface area contributed by atoms with E-state index in [2.05, 4.69) is 44.8 Å². The largest absolute Gasteiger partial charge is 0.544 e. The van der Waals surface area contributed by atoms with Gasteiger partial charge in [0.05, 0.1) is 36.4 Å². The van der Waals surface area contributed by atoms with Gasteiger partial charge >= 0.3 is 5.97 Å². The predicted octanol–water partition coefficient (Wildman–Crippen LogP) is 8.42. The Labute approximate surface area is 377 Å². The monoisotopic (exact) mass is 884 g/mol. The van der Waals surface area contributed by atoms with Crippen molar-refractivity contribution in [2.24, 2.45) is 14.1 Å². The minimum absolute atomic E-state index is 0.00269. The van der Waals surface area contributed by atoms with Crippen LogP contribution in [-0.4, -0.2) is 96.1 Å². The molecule has 336 valence electrons. The fourth-order valence-corrected chi connectivity index (χ4v) is 9.14. The number of rotatable bonds is 13. The molecule has 13 nitrogen and oxygen atoms in total. The van der Waals surface area contributed by atoms with Crippen LogP contribution in [0, 0.1) is 25.2 Å². The van der Waals surface area contributed by atoms with E-state index in [0.717, 1.165) is 66.7 Å². The number of aromatic carboxylic acids is 1. The van der Waals surface area contributed by atoms with Crippen LogP contribution in [0.2, 0.25) is 18.1 Å². The molecule has 3 aromatic carbocycles. The Morgan fingerprint density at radius 3 is 2.16 bits per heavy atom. The quantitative estimate of drug-likeness (QED) is 0.115. The van der Waals surface area contributed by atoms with E-state index in [1.807, 2.05) is 80.1 Å². The number of fused-ring (bicyclic) bond motifs is 1. The summed E-state index contributed by atoms with van der Waals surface area (Å²) in [5.74, 6) is 0.00722. The second-order valence-corrected chi connectivity index (χ2v) is 23.1. The maximum Gasteiger partial charge on any atom is 0.336 e. The molecule has 7 rings (SSSR count). The van der Waals surface area contributed by atoms with Crippen molar-refractivity contribution < 1.29 is 33.4 Å². The number of carbonyl (C=O) groups is 3. The molecule has 0 radical (unpaired) electrons. The van der Waals surface area contributed by atoms with Crippen molar-refractivity contribution in [3.8, 4) is 28.8 Å². The summed E-state index contributed by atoms with van der Waals surface area (Å²) in [7, 11) is 1.49. The molecule has 1 saturated heterocycles. The molecule has 0 atom stereocenters. The topological polar surface area (TPSA) is 143 Å². The number of nitrogens with zero attached hydrogens (tertiary/aromatic N) is 6. The summed E-state index contributed by atoms with van der Waals surface area (Å²) in [6, 6.07) is 24.4. The SMILES string of the molecule is Cc1c(N(C(=O)c2cc(-c3cc4c(cc3C(=O)O)CN(C(=O)Cc3ccc(OCCN5CCOCC5)cc3)CC4)n(C)c2C)c2ccc(O[Si](C)(C)C(C)(C)C)cc2)cc(C#N)n1C. The van der Waals surface area contributed by atoms with Crippen LogP contribution in [0.4, 0.5) is 11.4 Å². The molecule has 1 N–H and O–H groups in total. The maximum absolute atomic E-state index is 15.0. The van der Waals surface area contributed by atoms with Gasteiger partial charge in [0.15, 0.2) is 0 Å². The maximum atomic E-state index is 15.0. The number of carboxylic acids is 1. The lowest BCUT2D eigenvalue weighted by atomic mass is 9.91. The van der Waals surface area contributed by atoms with Gasteiger partial charge in [0.1, 0.15) is 29.9 Å². The number of aromatic nitrogens is 2. The van der Waals surface area contributed by atoms with Gasteiger partial charge in [-0.05, 0) is 116 Å². The third-order valence-corrected chi connectivity index (χ3v) is 17.7. The Morgan fingerprint density at radius 1 is 0.859 bits per heavy atom. The molecule has 2 aliphatic rings. The molecule has 2 aliphatic heterocycles. The molecule has 0 bridgehead atoms. The van der Waals surface area contributed by atoms with Gasteiger partial charge in [-0.2, -0.15) is 5.26 Å². The minimum Gasteiger partial charge on any atom is -0.544 e. The summed E-state index contributed by atoms with van der Waals surface area (Å²) in [6.07, 6.45) is 0.773. The van der Waals surface area contributed by atoms with E-state index in [4.69, 9.17) is 13.9 Å². The van der Waals surface area contributed by atoms with Gasteiger partial charge in [0.2, 0.25) is 14.2 Å². The fourth-order valence-electron chi connectivity index (χ4n) is 8.11. The van der Waals surface area contributed by atoms with Crippen molar-refractivity contribution in [3.63, 3.8) is 0 Å². The second kappa shape index (κ2) is 18.5. The number of carbonyl (C=O) groups excluding carboxylic acids is 2. The van der Waals surface area contributed by atoms with Crippen LogP contribution in [0.1, 0.15) is 75.3 Å². The third kappa shape index (κ3) is 9.52. The minimum atomic E-state index is -2.13. The molecule has 5 aromatic rings. The standard InChI is InChI=1S/C50H60N6O7Si/c1-33-42(48(58)56(45-29-39(31-51)52(6)34(45)2)38-12-16-41(17-13-38)63-64(8,9)50(3,4)5)30-46(53(33)7)43-27-36-18-19-55(32-37(36)28-44(43)49(59)60)47(57)26-35-10-14-40(15-11-35)62-25-22-54-20-23-61-24-21-54/h10-17,27-30H,18-26,32H2,1-9H3,(H,59,60). The zero-order valence-electron chi connectivity index (χ0n) is 38.6. The molecule has 0 spiro atoms. The highest BCUT2D eigenvalue weighted by Crippen LogP contribution is 2.40. The van der Waals surface area contributed by atoms with E-state index in [-0.39, 0.29) is 28.8 Å². The highest BCUT2D eigenvalue weighted by atomic mass is 28.4. The first-order chi connectivity index (χ1) is 30.4. The summed E-state index contributed by atoms with van der Waals surface area (Å²) in [5, 5.41) is 20.5. The Morgan fingerprint density at radius 2 is 1.53 bits per heavy atom. The Balaban J connectivity index is 1.12. The van der Waals surface area contributed by atoms with E-state index in [1.54, 1.807) is 39.6 Å². The number of ether oxygens (including phenoxy) is 2. The first-order valence-corrected chi connectivity index (χ1v) is 24.8. The normalized spacial score (nSPS) is 14.5. The average molecular weight is 885 g/mol. The smallest absolute Gasteiger partial charge is 0.336 e. The summed E-state index contributed by atoms with van der Waals surface area (Å²) >= 11 is 0. The van der Waals surface area contributed by atoms with Gasteiger partial charge in [0.25, 0.3) is 5.91 Å². The zero-order valence-corrected chi connectivity index (χ0v) is 39.6. The first kappa shape index (κ1) is 45.9. The fraction of sp³-hybridized carbons (Fsp3) is 0.400. The van der Waals surface area contributed by atoms with Gasteiger partial charge in [0, 0.05) is 75.2 Å². The highest BCUT2D eigenvalue weighted by molar-refractivity contribution is 6.74. The van der Waals surface area contributed by atoms with E-state index >= 15 is 0 Å². The Bertz CT molecular complexity index is 2590. The number of anilines is 2. The molecule has 0 aliphatic carbocycles. The lowest BCUT2D eigenvalue weighted by Crippen LogP contribution is -2.43. The molecule has 0 saturated carbocycles. The molecular weight excluding hydrogens is 825 g/mol. The number of amides is 2. The zero-order chi connectivity index (χ0) is 46.1. The van der Waals surface area contributed by atoms with Crippen molar-refractivity contribution in [3.05, 3.63) is 118 Å². The molecule has 14 heteroatoms. The Kier molecular flexibility index (Phi) is 13.3. The number of benzene rings is 3. The van der Waals surface area contributed by atoms with Crippen molar-refractivity contribution >= 4 is 37.5 Å². The van der Waals surface area contributed by atoms with Gasteiger partial charge in [-0.1, -0.05) is 32.9 Å². The number of nitriles is 1. The van der Waals surface area contributed by atoms with Gasteiger partial charge in [-0.25, -0.2) is 4.79 Å². The van der Waals surface area contributed by atoms with Crippen LogP contribution in [0.3, 0.4) is 0 Å². The molecule has 4 heterocycles. The number of hydrogen-bond donors (Lipinski definition) is 1. The molecule has 1 fully saturated rings. The van der Waals surface area contributed by atoms with Crippen LogP contribution >= 0.6 is 0 Å². The van der Waals surface area contributed by atoms with Crippen molar-refractivity contribution in [2.45, 2.75) is 72.1 Å². The van der Waals surface area contributed by atoms with Gasteiger partial charge < -0.3 is 33.0 Å². The average Bonchev–Trinajstić information content (AvgIpc) is 3.72. The van der Waals surface area contributed by atoms with Gasteiger partial charge in [-0.15, -0.1) is 0 Å². The first-order valence-electron chi connectivity index (χ1n) is 21.9. The predicted molar refractivity (Wildman–Crippen MR) is 250 cm³/mol. The lowest BCUT2D eigenvalue weighted by Gasteiger charge is -2.36. The molecule has 64 heavy (non-hydrogen) atoms. The molecule has 2 aromatic heterocycles. The molecule has 2 amide bonds. The van der Waals surface area contributed by atoms with Crippen LogP contribution in [0.25, 0.3) is 11.3 Å². The van der Waals surface area contributed by atoms with E-state index in [9.17, 15) is 24.8 Å². The van der Waals surface area contributed by atoms with Crippen molar-refractivity contribution in [1.29, 1.82) is 5.26 Å². The summed E-state index contributed by atoms with van der Waals surface area (Å²) in [4.78, 5) is 47.3. The van der Waals surface area contributed by atoms with E-state index in [0.29, 0.717) is 65.7 Å². The summed E-state index contributed by atoms with van der Waals surface area (Å²) in [5.41, 5.74) is 7.10. The third-order valence-electron chi connectivity index (χ3n) is 13.4. The van der Waals surface area contributed by atoms with Crippen molar-refractivity contribution in [1.82, 2.24) is 18.9 Å². The highest BCUT2D eigenvalue weighted by Gasteiger charge is 2.39. The number of morpholine rings is 1.